The molecule has 3 rings (SSSR count). The Bertz CT molecular complexity index is 588. The van der Waals surface area contributed by atoms with E-state index in [4.69, 9.17) is 0 Å². The largest absolute Gasteiger partial charge is 0.272 e. The van der Waals surface area contributed by atoms with E-state index in [1.54, 1.807) is 0 Å². The Morgan fingerprint density at radius 1 is 0.783 bits per heavy atom. The van der Waals surface area contributed by atoms with Crippen LogP contribution in [0.1, 0.15) is 39.5 Å². The second-order valence-electron chi connectivity index (χ2n) is 6.01. The van der Waals surface area contributed by atoms with Crippen LogP contribution < -0.4 is 5.01 Å². The highest BCUT2D eigenvalue weighted by Crippen LogP contribution is 2.48. The van der Waals surface area contributed by atoms with Crippen LogP contribution in [0.2, 0.25) is 0 Å². The van der Waals surface area contributed by atoms with E-state index in [-0.39, 0.29) is 0 Å². The van der Waals surface area contributed by atoms with Crippen molar-refractivity contribution in [2.45, 2.75) is 49.3 Å². The van der Waals surface area contributed by atoms with Crippen molar-refractivity contribution in [3.05, 3.63) is 48.5 Å². The number of para-hydroxylation sites is 2. The molecule has 0 atom stereocenters. The summed E-state index contributed by atoms with van der Waals surface area (Å²) in [6.07, 6.45) is 4.93. The topological polar surface area (TPSA) is 6.48 Å². The summed E-state index contributed by atoms with van der Waals surface area (Å²) >= 11 is 1.88. The van der Waals surface area contributed by atoms with Gasteiger partial charge >= 0.3 is 0 Å². The van der Waals surface area contributed by atoms with Crippen LogP contribution in [0.25, 0.3) is 0 Å². The molecule has 0 amide bonds. The van der Waals surface area contributed by atoms with Gasteiger partial charge in [0.2, 0.25) is 0 Å². The van der Waals surface area contributed by atoms with Crippen LogP contribution in [-0.2, 0) is 0 Å². The molecule has 1 heterocycles. The second-order valence-corrected chi connectivity index (χ2v) is 7.09. The van der Waals surface area contributed by atoms with Crippen molar-refractivity contribution >= 4 is 23.1 Å². The first kappa shape index (κ1) is 16.4. The highest BCUT2D eigenvalue weighted by molar-refractivity contribution is 7.99. The molecule has 2 aromatic rings. The summed E-state index contributed by atoms with van der Waals surface area (Å²) in [4.78, 5) is 2.70. The van der Waals surface area contributed by atoms with E-state index >= 15 is 0 Å². The summed E-state index contributed by atoms with van der Waals surface area (Å²) in [7, 11) is 0. The van der Waals surface area contributed by atoms with Crippen LogP contribution in [0.5, 0.6) is 0 Å². The number of hydrazine groups is 1. The standard InChI is InChI=1S/C20H26N2S/c1-3-5-15-21(16-6-4-2)22-17-11-7-9-13-19(17)23-20-14-10-8-12-18(20)22/h7-14H,3-6,15-16H2,1-2H3. The molecule has 0 saturated carbocycles. The first-order valence-corrected chi connectivity index (χ1v) is 9.57. The van der Waals surface area contributed by atoms with Gasteiger partial charge in [0, 0.05) is 22.9 Å². The number of benzene rings is 2. The molecule has 2 nitrogen and oxygen atoms in total. The summed E-state index contributed by atoms with van der Waals surface area (Å²) in [5.41, 5.74) is 2.65. The molecular formula is C20H26N2S. The second kappa shape index (κ2) is 7.89. The molecule has 0 aliphatic carbocycles. The fourth-order valence-electron chi connectivity index (χ4n) is 2.98. The Kier molecular flexibility index (Phi) is 5.63. The van der Waals surface area contributed by atoms with Crippen LogP contribution in [0.4, 0.5) is 11.4 Å². The molecule has 23 heavy (non-hydrogen) atoms. The van der Waals surface area contributed by atoms with Crippen molar-refractivity contribution in [3.63, 3.8) is 0 Å². The molecule has 0 unspecified atom stereocenters. The lowest BCUT2D eigenvalue weighted by Crippen LogP contribution is -2.42. The number of hydrogen-bond acceptors (Lipinski definition) is 3. The molecule has 3 heteroatoms. The number of anilines is 2. The maximum atomic E-state index is 2.55. The Hall–Kier alpha value is -1.45. The average molecular weight is 327 g/mol. The van der Waals surface area contributed by atoms with E-state index in [9.17, 15) is 0 Å². The van der Waals surface area contributed by atoms with E-state index in [1.807, 2.05) is 11.8 Å². The van der Waals surface area contributed by atoms with E-state index in [0.717, 1.165) is 13.1 Å². The van der Waals surface area contributed by atoms with Gasteiger partial charge in [-0.15, -0.1) is 0 Å². The van der Waals surface area contributed by atoms with E-state index < -0.39 is 0 Å². The summed E-state index contributed by atoms with van der Waals surface area (Å²) in [6.45, 7) is 6.77. The van der Waals surface area contributed by atoms with Crippen molar-refractivity contribution in [3.8, 4) is 0 Å². The van der Waals surface area contributed by atoms with E-state index in [2.05, 4.69) is 72.4 Å². The number of unbranched alkanes of at least 4 members (excludes halogenated alkanes) is 2. The molecule has 0 saturated heterocycles. The zero-order chi connectivity index (χ0) is 16.1. The van der Waals surface area contributed by atoms with E-state index in [0.29, 0.717) is 0 Å². The molecule has 0 spiro atoms. The lowest BCUT2D eigenvalue weighted by molar-refractivity contribution is 0.266. The average Bonchev–Trinajstić information content (AvgIpc) is 2.60. The SMILES string of the molecule is CCCCN(CCCC)N1c2ccccc2Sc2ccccc21. The molecule has 0 bridgehead atoms. The van der Waals surface area contributed by atoms with Gasteiger partial charge in [0.25, 0.3) is 0 Å². The van der Waals surface area contributed by atoms with Gasteiger partial charge < -0.3 is 0 Å². The molecular weight excluding hydrogens is 300 g/mol. The van der Waals surface area contributed by atoms with Crippen molar-refractivity contribution in [1.82, 2.24) is 5.01 Å². The molecule has 1 aliphatic rings. The summed E-state index contributed by atoms with van der Waals surface area (Å²) in [5.74, 6) is 0. The zero-order valence-electron chi connectivity index (χ0n) is 14.2. The van der Waals surface area contributed by atoms with Crippen LogP contribution in [0.15, 0.2) is 58.3 Å². The number of fused-ring (bicyclic) bond motifs is 2. The van der Waals surface area contributed by atoms with Crippen molar-refractivity contribution in [1.29, 1.82) is 0 Å². The van der Waals surface area contributed by atoms with Gasteiger partial charge in [-0.05, 0) is 37.1 Å². The quantitative estimate of drug-likeness (QED) is 0.606. The Labute approximate surface area is 144 Å². The lowest BCUT2D eigenvalue weighted by atomic mass is 10.2. The van der Waals surface area contributed by atoms with Crippen LogP contribution in [0, 0.1) is 0 Å². The Balaban J connectivity index is 2.00. The summed E-state index contributed by atoms with van der Waals surface area (Å²) in [6, 6.07) is 17.6. The number of hydrogen-bond donors (Lipinski definition) is 0. The van der Waals surface area contributed by atoms with Gasteiger partial charge in [0.05, 0.1) is 11.4 Å². The molecule has 0 radical (unpaired) electrons. The monoisotopic (exact) mass is 326 g/mol. The molecule has 2 aromatic carbocycles. The van der Waals surface area contributed by atoms with Gasteiger partial charge in [-0.1, -0.05) is 62.7 Å². The maximum absolute atomic E-state index is 2.55. The van der Waals surface area contributed by atoms with Crippen molar-refractivity contribution in [2.75, 3.05) is 18.1 Å². The van der Waals surface area contributed by atoms with Gasteiger partial charge in [0.1, 0.15) is 0 Å². The predicted octanol–water partition coefficient (Wildman–Crippen LogP) is 6.11. The van der Waals surface area contributed by atoms with Crippen LogP contribution >= 0.6 is 11.8 Å². The minimum Gasteiger partial charge on any atom is -0.272 e. The summed E-state index contributed by atoms with van der Waals surface area (Å²) < 4.78 is 0. The third-order valence-corrected chi connectivity index (χ3v) is 5.36. The molecule has 0 N–H and O–H groups in total. The van der Waals surface area contributed by atoms with Crippen molar-refractivity contribution < 1.29 is 0 Å². The minimum atomic E-state index is 1.11. The van der Waals surface area contributed by atoms with Crippen LogP contribution in [-0.4, -0.2) is 18.1 Å². The highest BCUT2D eigenvalue weighted by Gasteiger charge is 2.26. The Morgan fingerprint density at radius 2 is 1.26 bits per heavy atom. The number of nitrogens with zero attached hydrogens (tertiary/aromatic N) is 2. The van der Waals surface area contributed by atoms with Crippen molar-refractivity contribution in [2.24, 2.45) is 0 Å². The lowest BCUT2D eigenvalue weighted by Gasteiger charge is -2.41. The minimum absolute atomic E-state index is 1.11. The normalized spacial score (nSPS) is 13.1. The summed E-state index contributed by atoms with van der Waals surface area (Å²) in [5, 5.41) is 5.01. The maximum Gasteiger partial charge on any atom is 0.0720 e. The third-order valence-electron chi connectivity index (χ3n) is 4.23. The first-order chi connectivity index (χ1) is 11.3. The van der Waals surface area contributed by atoms with Gasteiger partial charge in [-0.3, -0.25) is 5.01 Å². The predicted molar refractivity (Wildman–Crippen MR) is 101 cm³/mol. The molecule has 1 aliphatic heterocycles. The zero-order valence-corrected chi connectivity index (χ0v) is 15.0. The Morgan fingerprint density at radius 3 is 1.74 bits per heavy atom. The number of rotatable bonds is 7. The van der Waals surface area contributed by atoms with Gasteiger partial charge in [-0.25, -0.2) is 5.01 Å². The smallest absolute Gasteiger partial charge is 0.0720 e. The van der Waals surface area contributed by atoms with E-state index in [1.165, 1.54) is 46.8 Å². The molecule has 122 valence electrons. The first-order valence-electron chi connectivity index (χ1n) is 8.76. The fourth-order valence-corrected chi connectivity index (χ4v) is 4.03. The third kappa shape index (κ3) is 3.56. The molecule has 0 fully saturated rings. The van der Waals surface area contributed by atoms with Gasteiger partial charge in [0.15, 0.2) is 0 Å². The highest BCUT2D eigenvalue weighted by atomic mass is 32.2. The molecule has 0 aromatic heterocycles. The van der Waals surface area contributed by atoms with Gasteiger partial charge in [-0.2, -0.15) is 0 Å². The fraction of sp³-hybridized carbons (Fsp3) is 0.400. The van der Waals surface area contributed by atoms with Crippen LogP contribution in [0.3, 0.4) is 0 Å².